The molecule has 0 aliphatic heterocycles. The van der Waals surface area contributed by atoms with Gasteiger partial charge in [0.2, 0.25) is 0 Å². The Morgan fingerprint density at radius 3 is 1.83 bits per heavy atom. The van der Waals surface area contributed by atoms with Crippen molar-refractivity contribution in [2.24, 2.45) is 0 Å². The molecule has 144 valence electrons. The fourth-order valence-electron chi connectivity index (χ4n) is 3.84. The molecule has 0 fully saturated rings. The zero-order chi connectivity index (χ0) is 20.3. The third-order valence-corrected chi connectivity index (χ3v) is 5.86. The Balaban J connectivity index is 1.61. The van der Waals surface area contributed by atoms with E-state index >= 15 is 0 Å². The molecule has 0 saturated heterocycles. The van der Waals surface area contributed by atoms with Crippen LogP contribution in [0.2, 0.25) is 0 Å². The molecule has 0 saturated carbocycles. The van der Waals surface area contributed by atoms with Crippen LogP contribution < -0.4 is 5.32 Å². The molecule has 0 amide bonds. The first kappa shape index (κ1) is 18.7. The molecule has 2 heteroatoms. The summed E-state index contributed by atoms with van der Waals surface area (Å²) in [6.45, 7) is 0. The second-order valence-electron chi connectivity index (χ2n) is 7.28. The number of benzene rings is 5. The van der Waals surface area contributed by atoms with Gasteiger partial charge in [-0.05, 0) is 57.8 Å². The van der Waals surface area contributed by atoms with E-state index in [1.54, 1.807) is 0 Å². The maximum absolute atomic E-state index is 3.61. The maximum Gasteiger partial charge on any atom is 0.0470 e. The van der Waals surface area contributed by atoms with Crippen LogP contribution >= 0.6 is 15.9 Å². The van der Waals surface area contributed by atoms with Crippen LogP contribution in [0.5, 0.6) is 0 Å². The number of rotatable bonds is 4. The highest BCUT2D eigenvalue weighted by Crippen LogP contribution is 2.38. The highest BCUT2D eigenvalue weighted by molar-refractivity contribution is 9.10. The van der Waals surface area contributed by atoms with Crippen LogP contribution in [0.15, 0.2) is 120 Å². The molecule has 0 aliphatic rings. The Kier molecular flexibility index (Phi) is 5.08. The van der Waals surface area contributed by atoms with Gasteiger partial charge in [-0.15, -0.1) is 0 Å². The Morgan fingerprint density at radius 1 is 0.500 bits per heavy atom. The van der Waals surface area contributed by atoms with Crippen LogP contribution in [-0.4, -0.2) is 0 Å². The highest BCUT2D eigenvalue weighted by atomic mass is 79.9. The fourth-order valence-corrected chi connectivity index (χ4v) is 4.10. The SMILES string of the molecule is Brc1ccc(-c2ccc(-c3c(Nc4ccccc4)ccc4ccccc34)cc2)cc1. The van der Waals surface area contributed by atoms with Crippen molar-refractivity contribution in [3.05, 3.63) is 120 Å². The van der Waals surface area contributed by atoms with E-state index < -0.39 is 0 Å². The largest absolute Gasteiger partial charge is 0.355 e. The topological polar surface area (TPSA) is 12.0 Å². The normalized spacial score (nSPS) is 10.8. The molecule has 0 radical (unpaired) electrons. The Hall–Kier alpha value is -3.36. The summed E-state index contributed by atoms with van der Waals surface area (Å²) in [5.41, 5.74) is 7.04. The van der Waals surface area contributed by atoms with E-state index in [1.165, 1.54) is 33.0 Å². The summed E-state index contributed by atoms with van der Waals surface area (Å²) >= 11 is 3.51. The van der Waals surface area contributed by atoms with E-state index in [4.69, 9.17) is 0 Å². The van der Waals surface area contributed by atoms with E-state index in [2.05, 4.69) is 130 Å². The number of hydrogen-bond acceptors (Lipinski definition) is 1. The van der Waals surface area contributed by atoms with Gasteiger partial charge in [-0.1, -0.05) is 101 Å². The molecule has 0 heterocycles. The van der Waals surface area contributed by atoms with Crippen molar-refractivity contribution < 1.29 is 0 Å². The monoisotopic (exact) mass is 449 g/mol. The quantitative estimate of drug-likeness (QED) is 0.289. The second kappa shape index (κ2) is 8.17. The van der Waals surface area contributed by atoms with Gasteiger partial charge in [0.25, 0.3) is 0 Å². The van der Waals surface area contributed by atoms with Crippen LogP contribution in [0.3, 0.4) is 0 Å². The number of fused-ring (bicyclic) bond motifs is 1. The summed E-state index contributed by atoms with van der Waals surface area (Å²) < 4.78 is 1.09. The molecule has 0 aliphatic carbocycles. The molecule has 5 rings (SSSR count). The predicted octanol–water partition coefficient (Wildman–Crippen LogP) is 8.68. The number of para-hydroxylation sites is 1. The van der Waals surface area contributed by atoms with Crippen molar-refractivity contribution in [1.29, 1.82) is 0 Å². The van der Waals surface area contributed by atoms with Gasteiger partial charge in [-0.3, -0.25) is 0 Å². The molecule has 5 aromatic carbocycles. The van der Waals surface area contributed by atoms with Crippen LogP contribution in [0, 0.1) is 0 Å². The first-order valence-corrected chi connectivity index (χ1v) is 10.8. The van der Waals surface area contributed by atoms with E-state index in [0.29, 0.717) is 0 Å². The highest BCUT2D eigenvalue weighted by Gasteiger charge is 2.11. The second-order valence-corrected chi connectivity index (χ2v) is 8.20. The van der Waals surface area contributed by atoms with Gasteiger partial charge in [-0.25, -0.2) is 0 Å². The van der Waals surface area contributed by atoms with Gasteiger partial charge in [0.05, 0.1) is 0 Å². The summed E-state index contributed by atoms with van der Waals surface area (Å²) in [6.07, 6.45) is 0. The molecule has 0 spiro atoms. The molecular weight excluding hydrogens is 430 g/mol. The van der Waals surface area contributed by atoms with E-state index in [0.717, 1.165) is 15.8 Å². The van der Waals surface area contributed by atoms with E-state index in [1.807, 2.05) is 6.07 Å². The average molecular weight is 450 g/mol. The summed E-state index contributed by atoms with van der Waals surface area (Å²) in [4.78, 5) is 0. The van der Waals surface area contributed by atoms with Gasteiger partial charge in [0.1, 0.15) is 0 Å². The summed E-state index contributed by atoms with van der Waals surface area (Å²) in [5, 5.41) is 6.09. The molecule has 1 N–H and O–H groups in total. The van der Waals surface area contributed by atoms with Crippen molar-refractivity contribution >= 4 is 38.1 Å². The van der Waals surface area contributed by atoms with Crippen molar-refractivity contribution in [3.63, 3.8) is 0 Å². The van der Waals surface area contributed by atoms with Crippen molar-refractivity contribution in [2.75, 3.05) is 5.32 Å². The molecule has 0 bridgehead atoms. The number of nitrogens with one attached hydrogen (secondary N) is 1. The van der Waals surface area contributed by atoms with E-state index in [9.17, 15) is 0 Å². The minimum atomic E-state index is 1.08. The van der Waals surface area contributed by atoms with Crippen LogP contribution in [0.25, 0.3) is 33.0 Å². The van der Waals surface area contributed by atoms with E-state index in [-0.39, 0.29) is 0 Å². The molecule has 0 atom stereocenters. The van der Waals surface area contributed by atoms with Gasteiger partial charge >= 0.3 is 0 Å². The number of anilines is 2. The molecule has 30 heavy (non-hydrogen) atoms. The molecule has 0 unspecified atom stereocenters. The minimum Gasteiger partial charge on any atom is -0.355 e. The van der Waals surface area contributed by atoms with Gasteiger partial charge in [0.15, 0.2) is 0 Å². The predicted molar refractivity (Wildman–Crippen MR) is 132 cm³/mol. The molecule has 1 nitrogen and oxygen atoms in total. The Morgan fingerprint density at radius 2 is 1.10 bits per heavy atom. The van der Waals surface area contributed by atoms with Crippen LogP contribution in [0.4, 0.5) is 11.4 Å². The summed E-state index contributed by atoms with van der Waals surface area (Å²) in [5.74, 6) is 0. The van der Waals surface area contributed by atoms with Crippen LogP contribution in [-0.2, 0) is 0 Å². The van der Waals surface area contributed by atoms with Crippen molar-refractivity contribution in [3.8, 4) is 22.3 Å². The van der Waals surface area contributed by atoms with Gasteiger partial charge in [0, 0.05) is 21.4 Å². The lowest BCUT2D eigenvalue weighted by atomic mass is 9.94. The third-order valence-electron chi connectivity index (χ3n) is 5.33. The fraction of sp³-hybridized carbons (Fsp3) is 0. The zero-order valence-corrected chi connectivity index (χ0v) is 17.9. The van der Waals surface area contributed by atoms with Gasteiger partial charge < -0.3 is 5.32 Å². The zero-order valence-electron chi connectivity index (χ0n) is 16.3. The lowest BCUT2D eigenvalue weighted by Crippen LogP contribution is -1.94. The average Bonchev–Trinajstić information content (AvgIpc) is 2.80. The summed E-state index contributed by atoms with van der Waals surface area (Å²) in [7, 11) is 0. The summed E-state index contributed by atoms with van der Waals surface area (Å²) in [6, 6.07) is 40.5. The lowest BCUT2D eigenvalue weighted by Gasteiger charge is -2.16. The van der Waals surface area contributed by atoms with Crippen LogP contribution in [0.1, 0.15) is 0 Å². The number of halogens is 1. The first-order valence-electron chi connectivity index (χ1n) is 9.98. The smallest absolute Gasteiger partial charge is 0.0470 e. The van der Waals surface area contributed by atoms with Crippen molar-refractivity contribution in [2.45, 2.75) is 0 Å². The Bertz CT molecular complexity index is 1290. The van der Waals surface area contributed by atoms with Gasteiger partial charge in [-0.2, -0.15) is 0 Å². The molecule has 0 aromatic heterocycles. The van der Waals surface area contributed by atoms with Crippen molar-refractivity contribution in [1.82, 2.24) is 0 Å². The number of hydrogen-bond donors (Lipinski definition) is 1. The molecular formula is C28H20BrN. The third kappa shape index (κ3) is 3.74. The lowest BCUT2D eigenvalue weighted by molar-refractivity contribution is 1.55. The minimum absolute atomic E-state index is 1.08. The maximum atomic E-state index is 3.61. The first-order chi connectivity index (χ1) is 14.8. The standard InChI is InChI=1S/C28H20BrN/c29-24-17-14-21(15-18-24)20-10-12-23(13-11-20)28-26-9-5-4-6-22(26)16-19-27(28)30-25-7-2-1-3-8-25/h1-19,30H. The molecule has 5 aromatic rings. The Labute approximate surface area is 185 Å².